The highest BCUT2D eigenvalue weighted by Gasteiger charge is 2.54. The maximum atomic E-state index is 9.50. The maximum absolute atomic E-state index is 9.50. The number of hydrogen-bond acceptors (Lipinski definition) is 1. The second-order valence-electron chi connectivity index (χ2n) is 3.81. The summed E-state index contributed by atoms with van der Waals surface area (Å²) in [7, 11) is 0. The lowest BCUT2D eigenvalue weighted by molar-refractivity contribution is 0.131. The molecule has 2 aliphatic carbocycles. The first-order chi connectivity index (χ1) is 4.84. The minimum absolute atomic E-state index is 0.0234. The van der Waals surface area contributed by atoms with E-state index in [0.29, 0.717) is 5.92 Å². The fraction of sp³-hybridized carbons (Fsp3) is 1.00. The van der Waals surface area contributed by atoms with Crippen molar-refractivity contribution in [3.63, 3.8) is 0 Å². The van der Waals surface area contributed by atoms with E-state index in [1.807, 2.05) is 0 Å². The maximum Gasteiger partial charge on any atom is 0.0571 e. The van der Waals surface area contributed by atoms with Crippen LogP contribution in [-0.2, 0) is 0 Å². The average Bonchev–Trinajstić information content (AvgIpc) is 2.43. The van der Waals surface area contributed by atoms with Gasteiger partial charge in [0.25, 0.3) is 0 Å². The van der Waals surface area contributed by atoms with Crippen molar-refractivity contribution in [1.82, 2.24) is 0 Å². The number of hydrogen-bond donors (Lipinski definition) is 1. The highest BCUT2D eigenvalue weighted by atomic mass is 16.3. The van der Waals surface area contributed by atoms with Crippen LogP contribution in [0, 0.1) is 17.8 Å². The summed E-state index contributed by atoms with van der Waals surface area (Å²) in [6, 6.07) is 0. The molecule has 0 aromatic carbocycles. The molecule has 1 heteroatoms. The number of fused-ring (bicyclic) bond motifs is 1. The molecule has 0 aliphatic heterocycles. The van der Waals surface area contributed by atoms with Crippen molar-refractivity contribution >= 4 is 0 Å². The van der Waals surface area contributed by atoms with Gasteiger partial charge in [-0.3, -0.25) is 0 Å². The third kappa shape index (κ3) is 0.800. The van der Waals surface area contributed by atoms with Gasteiger partial charge in [0.05, 0.1) is 6.10 Å². The Morgan fingerprint density at radius 3 is 2.50 bits per heavy atom. The van der Waals surface area contributed by atoms with Gasteiger partial charge in [-0.05, 0) is 37.0 Å². The van der Waals surface area contributed by atoms with Crippen LogP contribution in [0.2, 0.25) is 0 Å². The van der Waals surface area contributed by atoms with Crippen molar-refractivity contribution in [2.24, 2.45) is 17.8 Å². The first-order valence-corrected chi connectivity index (χ1v) is 4.52. The Morgan fingerprint density at radius 1 is 1.40 bits per heavy atom. The summed E-state index contributed by atoms with van der Waals surface area (Å²) in [5.41, 5.74) is 0. The van der Waals surface area contributed by atoms with E-state index in [9.17, 15) is 5.11 Å². The van der Waals surface area contributed by atoms with Gasteiger partial charge in [-0.2, -0.15) is 0 Å². The molecule has 1 N–H and O–H groups in total. The minimum atomic E-state index is 0.0234. The predicted molar refractivity (Wildman–Crippen MR) is 40.6 cm³/mol. The molecule has 1 nitrogen and oxygen atoms in total. The molecule has 2 aliphatic rings. The van der Waals surface area contributed by atoms with Crippen molar-refractivity contribution in [3.8, 4) is 0 Å². The lowest BCUT2D eigenvalue weighted by atomic mass is 10.1. The van der Waals surface area contributed by atoms with Gasteiger partial charge in [-0.15, -0.1) is 0 Å². The van der Waals surface area contributed by atoms with E-state index in [1.54, 1.807) is 0 Å². The number of aliphatic hydroxyl groups is 1. The summed E-state index contributed by atoms with van der Waals surface area (Å²) in [6.07, 6.45) is 5.19. The smallest absolute Gasteiger partial charge is 0.0571 e. The van der Waals surface area contributed by atoms with Crippen molar-refractivity contribution in [1.29, 1.82) is 0 Å². The van der Waals surface area contributed by atoms with Gasteiger partial charge < -0.3 is 5.11 Å². The molecule has 0 spiro atoms. The van der Waals surface area contributed by atoms with Crippen LogP contribution in [0.15, 0.2) is 0 Å². The molecule has 0 bridgehead atoms. The van der Waals surface area contributed by atoms with Gasteiger partial charge in [0.1, 0.15) is 0 Å². The molecule has 0 heterocycles. The van der Waals surface area contributed by atoms with Crippen molar-refractivity contribution in [2.45, 2.75) is 38.7 Å². The molecule has 0 amide bonds. The Morgan fingerprint density at radius 2 is 2.00 bits per heavy atom. The number of rotatable bonds is 2. The molecule has 3 unspecified atom stereocenters. The summed E-state index contributed by atoms with van der Waals surface area (Å²) < 4.78 is 0. The molecule has 0 aromatic rings. The van der Waals surface area contributed by atoms with Gasteiger partial charge in [0.15, 0.2) is 0 Å². The Bertz CT molecular complexity index is 120. The van der Waals surface area contributed by atoms with E-state index in [4.69, 9.17) is 0 Å². The molecule has 2 rings (SSSR count). The van der Waals surface area contributed by atoms with E-state index in [0.717, 1.165) is 18.3 Å². The van der Waals surface area contributed by atoms with E-state index < -0.39 is 0 Å². The SMILES string of the molecule is CCC(O)C1C2CCCC21. The molecule has 10 heavy (non-hydrogen) atoms. The Kier molecular flexibility index (Phi) is 1.48. The van der Waals surface area contributed by atoms with Gasteiger partial charge in [-0.25, -0.2) is 0 Å². The van der Waals surface area contributed by atoms with Crippen LogP contribution >= 0.6 is 0 Å². The molecule has 2 saturated carbocycles. The van der Waals surface area contributed by atoms with Gasteiger partial charge in [-0.1, -0.05) is 13.3 Å². The normalized spacial score (nSPS) is 46.8. The van der Waals surface area contributed by atoms with E-state index in [1.165, 1.54) is 19.3 Å². The fourth-order valence-corrected chi connectivity index (χ4v) is 2.72. The lowest BCUT2D eigenvalue weighted by Gasteiger charge is -2.08. The molecular weight excluding hydrogens is 124 g/mol. The Hall–Kier alpha value is -0.0400. The third-order valence-electron chi connectivity index (χ3n) is 3.34. The standard InChI is InChI=1S/C9H16O/c1-2-8(10)9-6-4-3-5-7(6)9/h6-10H,2-5H2,1H3. The summed E-state index contributed by atoms with van der Waals surface area (Å²) in [6.45, 7) is 2.08. The zero-order valence-corrected chi connectivity index (χ0v) is 6.59. The van der Waals surface area contributed by atoms with Crippen LogP contribution in [0.25, 0.3) is 0 Å². The van der Waals surface area contributed by atoms with Gasteiger partial charge >= 0.3 is 0 Å². The summed E-state index contributed by atoms with van der Waals surface area (Å²) >= 11 is 0. The minimum Gasteiger partial charge on any atom is -0.393 e. The summed E-state index contributed by atoms with van der Waals surface area (Å²) in [5.74, 6) is 2.56. The van der Waals surface area contributed by atoms with Crippen LogP contribution < -0.4 is 0 Å². The Labute approximate surface area is 62.4 Å². The second-order valence-corrected chi connectivity index (χ2v) is 3.81. The molecular formula is C9H16O. The molecule has 58 valence electrons. The van der Waals surface area contributed by atoms with Crippen molar-refractivity contribution in [3.05, 3.63) is 0 Å². The van der Waals surface area contributed by atoms with Crippen LogP contribution in [0.1, 0.15) is 32.6 Å². The largest absolute Gasteiger partial charge is 0.393 e. The van der Waals surface area contributed by atoms with E-state index >= 15 is 0 Å². The van der Waals surface area contributed by atoms with Crippen LogP contribution in [-0.4, -0.2) is 11.2 Å². The number of aliphatic hydroxyl groups excluding tert-OH is 1. The molecule has 0 aromatic heterocycles. The molecule has 0 saturated heterocycles. The summed E-state index contributed by atoms with van der Waals surface area (Å²) in [5, 5.41) is 9.50. The van der Waals surface area contributed by atoms with Gasteiger partial charge in [0, 0.05) is 0 Å². The van der Waals surface area contributed by atoms with Crippen LogP contribution in [0.5, 0.6) is 0 Å². The zero-order valence-electron chi connectivity index (χ0n) is 6.59. The highest BCUT2D eigenvalue weighted by Crippen LogP contribution is 2.59. The first kappa shape index (κ1) is 6.66. The van der Waals surface area contributed by atoms with Crippen molar-refractivity contribution in [2.75, 3.05) is 0 Å². The summed E-state index contributed by atoms with van der Waals surface area (Å²) in [4.78, 5) is 0. The first-order valence-electron chi connectivity index (χ1n) is 4.52. The molecule has 0 radical (unpaired) electrons. The zero-order chi connectivity index (χ0) is 7.14. The predicted octanol–water partition coefficient (Wildman–Crippen LogP) is 1.80. The highest BCUT2D eigenvalue weighted by molar-refractivity contribution is 5.03. The topological polar surface area (TPSA) is 20.2 Å². The quantitative estimate of drug-likeness (QED) is 0.620. The van der Waals surface area contributed by atoms with Crippen molar-refractivity contribution < 1.29 is 5.11 Å². The Balaban J connectivity index is 1.88. The van der Waals surface area contributed by atoms with E-state index in [2.05, 4.69) is 6.92 Å². The third-order valence-corrected chi connectivity index (χ3v) is 3.34. The lowest BCUT2D eigenvalue weighted by Crippen LogP contribution is -2.10. The average molecular weight is 140 g/mol. The molecule has 2 fully saturated rings. The van der Waals surface area contributed by atoms with E-state index in [-0.39, 0.29) is 6.10 Å². The van der Waals surface area contributed by atoms with Gasteiger partial charge in [0.2, 0.25) is 0 Å². The van der Waals surface area contributed by atoms with Crippen LogP contribution in [0.4, 0.5) is 0 Å². The van der Waals surface area contributed by atoms with Crippen LogP contribution in [0.3, 0.4) is 0 Å². The monoisotopic (exact) mass is 140 g/mol. The molecule has 3 atom stereocenters. The second kappa shape index (κ2) is 2.23. The fourth-order valence-electron chi connectivity index (χ4n) is 2.72.